The predicted molar refractivity (Wildman–Crippen MR) is 77.7 cm³/mol. The van der Waals surface area contributed by atoms with E-state index < -0.39 is 0 Å². The van der Waals surface area contributed by atoms with Gasteiger partial charge < -0.3 is 9.55 Å². The molecule has 0 aliphatic heterocycles. The van der Waals surface area contributed by atoms with E-state index in [4.69, 9.17) is 0 Å². The minimum Gasteiger partial charge on any atom is -0.309 e. The van der Waals surface area contributed by atoms with E-state index in [1.807, 2.05) is 36.7 Å². The van der Waals surface area contributed by atoms with Gasteiger partial charge in [0.1, 0.15) is 11.6 Å². The maximum atomic E-state index is 11.9. The molecule has 0 spiro atoms. The van der Waals surface area contributed by atoms with Gasteiger partial charge in [-0.05, 0) is 19.1 Å². The van der Waals surface area contributed by atoms with Crippen molar-refractivity contribution >= 4 is 22.7 Å². The molecular weight excluding hydrogens is 274 g/mol. The smallest absolute Gasteiger partial charge is 0.258 e. The van der Waals surface area contributed by atoms with Crippen molar-refractivity contribution in [1.29, 1.82) is 0 Å². The molecule has 1 N–H and O–H groups in total. The van der Waals surface area contributed by atoms with Gasteiger partial charge in [0.2, 0.25) is 0 Å². The van der Waals surface area contributed by atoms with Crippen LogP contribution >= 0.6 is 11.8 Å². The molecule has 0 atom stereocenters. The summed E-state index contributed by atoms with van der Waals surface area (Å²) in [6.45, 7) is 1.90. The highest BCUT2D eigenvalue weighted by Crippen LogP contribution is 2.19. The van der Waals surface area contributed by atoms with Crippen molar-refractivity contribution in [2.24, 2.45) is 7.05 Å². The van der Waals surface area contributed by atoms with Crippen molar-refractivity contribution in [3.05, 3.63) is 46.3 Å². The van der Waals surface area contributed by atoms with E-state index in [0.717, 1.165) is 11.0 Å². The molecule has 2 heterocycles. The van der Waals surface area contributed by atoms with Crippen molar-refractivity contribution in [2.45, 2.75) is 17.8 Å². The summed E-state index contributed by atoms with van der Waals surface area (Å²) in [6.07, 6.45) is 0. The van der Waals surface area contributed by atoms with Crippen molar-refractivity contribution in [3.63, 3.8) is 0 Å². The Kier molecular flexibility index (Phi) is 3.27. The molecule has 0 amide bonds. The highest BCUT2D eigenvalue weighted by Gasteiger charge is 2.08. The van der Waals surface area contributed by atoms with E-state index in [1.165, 1.54) is 11.8 Å². The first-order valence-electron chi connectivity index (χ1n) is 6.12. The number of aryl methyl sites for hydroxylation is 1. The first-order valence-corrected chi connectivity index (χ1v) is 7.10. The molecule has 0 fully saturated rings. The quantitative estimate of drug-likeness (QED) is 0.741. The van der Waals surface area contributed by atoms with Crippen LogP contribution in [0.4, 0.5) is 0 Å². The number of hydrogen-bond acceptors (Lipinski definition) is 5. The van der Waals surface area contributed by atoms with Crippen molar-refractivity contribution in [3.8, 4) is 0 Å². The van der Waals surface area contributed by atoms with Gasteiger partial charge >= 0.3 is 0 Å². The summed E-state index contributed by atoms with van der Waals surface area (Å²) >= 11 is 1.49. The Morgan fingerprint density at radius 1 is 1.30 bits per heavy atom. The number of aromatic amines is 1. The summed E-state index contributed by atoms with van der Waals surface area (Å²) in [5, 5.41) is 9.48. The van der Waals surface area contributed by atoms with Gasteiger partial charge in [0.05, 0.1) is 16.7 Å². The Morgan fingerprint density at radius 2 is 2.10 bits per heavy atom. The van der Waals surface area contributed by atoms with Crippen LogP contribution in [-0.2, 0) is 12.8 Å². The highest BCUT2D eigenvalue weighted by molar-refractivity contribution is 7.98. The summed E-state index contributed by atoms with van der Waals surface area (Å²) in [7, 11) is 1.91. The minimum atomic E-state index is -0.111. The third-order valence-electron chi connectivity index (χ3n) is 3.05. The van der Waals surface area contributed by atoms with Gasteiger partial charge in [-0.1, -0.05) is 23.9 Å². The van der Waals surface area contributed by atoms with Gasteiger partial charge in [0.25, 0.3) is 5.56 Å². The second-order valence-corrected chi connectivity index (χ2v) is 5.35. The molecule has 0 saturated carbocycles. The lowest BCUT2D eigenvalue weighted by atomic mass is 10.2. The number of nitrogens with one attached hydrogen (secondary N) is 1. The lowest BCUT2D eigenvalue weighted by Crippen LogP contribution is -2.11. The Labute approximate surface area is 119 Å². The fourth-order valence-corrected chi connectivity index (χ4v) is 2.68. The van der Waals surface area contributed by atoms with Crippen LogP contribution in [0, 0.1) is 6.92 Å². The fourth-order valence-electron chi connectivity index (χ4n) is 1.85. The zero-order valence-corrected chi connectivity index (χ0v) is 11.9. The number of nitrogens with zero attached hydrogens (tertiary/aromatic N) is 4. The number of rotatable bonds is 3. The lowest BCUT2D eigenvalue weighted by Gasteiger charge is -2.03. The molecule has 3 aromatic rings. The van der Waals surface area contributed by atoms with Crippen LogP contribution in [0.25, 0.3) is 10.9 Å². The van der Waals surface area contributed by atoms with Crippen LogP contribution in [0.5, 0.6) is 0 Å². The van der Waals surface area contributed by atoms with Crippen molar-refractivity contribution in [2.75, 3.05) is 0 Å². The second kappa shape index (κ2) is 5.09. The van der Waals surface area contributed by atoms with E-state index in [2.05, 4.69) is 20.2 Å². The molecule has 0 aliphatic carbocycles. The lowest BCUT2D eigenvalue weighted by molar-refractivity contribution is 0.765. The number of hydrogen-bond donors (Lipinski definition) is 1. The fraction of sp³-hybridized carbons (Fsp3) is 0.231. The number of thioether (sulfide) groups is 1. The molecule has 0 bridgehead atoms. The zero-order valence-electron chi connectivity index (χ0n) is 11.1. The predicted octanol–water partition coefficient (Wildman–Crippen LogP) is 1.65. The van der Waals surface area contributed by atoms with Gasteiger partial charge in [0.15, 0.2) is 5.16 Å². The number of benzene rings is 1. The van der Waals surface area contributed by atoms with E-state index >= 15 is 0 Å². The minimum absolute atomic E-state index is 0.111. The van der Waals surface area contributed by atoms with Crippen molar-refractivity contribution < 1.29 is 0 Å². The number of H-pyrrole nitrogens is 1. The number of para-hydroxylation sites is 1. The zero-order chi connectivity index (χ0) is 14.1. The second-order valence-electron chi connectivity index (χ2n) is 4.41. The average molecular weight is 287 g/mol. The number of aromatic nitrogens is 5. The molecule has 102 valence electrons. The molecule has 7 heteroatoms. The number of fused-ring (bicyclic) bond motifs is 1. The molecule has 2 aromatic heterocycles. The third kappa shape index (κ3) is 2.32. The Balaban J connectivity index is 1.88. The first-order chi connectivity index (χ1) is 9.65. The monoisotopic (exact) mass is 287 g/mol. The molecule has 6 nitrogen and oxygen atoms in total. The van der Waals surface area contributed by atoms with Crippen LogP contribution in [0.3, 0.4) is 0 Å². The first kappa shape index (κ1) is 12.9. The molecule has 0 unspecified atom stereocenters. The summed E-state index contributed by atoms with van der Waals surface area (Å²) in [5.74, 6) is 2.04. The SMILES string of the molecule is Cc1nnc(SCc2nc3ccccc3c(=O)[nH]2)n1C. The maximum absolute atomic E-state index is 11.9. The van der Waals surface area contributed by atoms with E-state index in [9.17, 15) is 4.79 Å². The van der Waals surface area contributed by atoms with E-state index in [1.54, 1.807) is 6.07 Å². The Morgan fingerprint density at radius 3 is 2.85 bits per heavy atom. The van der Waals surface area contributed by atoms with Gasteiger partial charge in [-0.25, -0.2) is 4.98 Å². The van der Waals surface area contributed by atoms with Gasteiger partial charge in [-0.2, -0.15) is 0 Å². The van der Waals surface area contributed by atoms with Crippen LogP contribution in [0.1, 0.15) is 11.6 Å². The highest BCUT2D eigenvalue weighted by atomic mass is 32.2. The molecule has 3 rings (SSSR count). The summed E-state index contributed by atoms with van der Waals surface area (Å²) in [6, 6.07) is 7.31. The average Bonchev–Trinajstić information content (AvgIpc) is 2.77. The molecule has 20 heavy (non-hydrogen) atoms. The normalized spacial score (nSPS) is 11.1. The summed E-state index contributed by atoms with van der Waals surface area (Å²) in [4.78, 5) is 19.2. The van der Waals surface area contributed by atoms with Crippen LogP contribution in [0.15, 0.2) is 34.2 Å². The van der Waals surface area contributed by atoms with Gasteiger partial charge in [-0.3, -0.25) is 4.79 Å². The van der Waals surface area contributed by atoms with Crippen LogP contribution < -0.4 is 5.56 Å². The molecule has 1 aromatic carbocycles. The molecule has 0 aliphatic rings. The standard InChI is InChI=1S/C13H13N5OS/c1-8-16-17-13(18(8)2)20-7-11-14-10-6-4-3-5-9(10)12(19)15-11/h3-6H,7H2,1-2H3,(H,14,15,19). The molecular formula is C13H13N5OS. The van der Waals surface area contributed by atoms with Crippen LogP contribution in [-0.4, -0.2) is 24.7 Å². The van der Waals surface area contributed by atoms with Crippen LogP contribution in [0.2, 0.25) is 0 Å². The Hall–Kier alpha value is -2.15. The van der Waals surface area contributed by atoms with Gasteiger partial charge in [-0.15, -0.1) is 10.2 Å². The molecule has 0 saturated heterocycles. The topological polar surface area (TPSA) is 76.5 Å². The maximum Gasteiger partial charge on any atom is 0.258 e. The third-order valence-corrected chi connectivity index (χ3v) is 4.08. The van der Waals surface area contributed by atoms with E-state index in [0.29, 0.717) is 22.5 Å². The summed E-state index contributed by atoms with van der Waals surface area (Å²) < 4.78 is 1.91. The Bertz CT molecular complexity index is 823. The summed E-state index contributed by atoms with van der Waals surface area (Å²) in [5.41, 5.74) is 0.598. The van der Waals surface area contributed by atoms with E-state index in [-0.39, 0.29) is 5.56 Å². The largest absolute Gasteiger partial charge is 0.309 e. The molecule has 0 radical (unpaired) electrons. The van der Waals surface area contributed by atoms with Crippen molar-refractivity contribution in [1.82, 2.24) is 24.7 Å². The van der Waals surface area contributed by atoms with Gasteiger partial charge in [0, 0.05) is 7.05 Å².